The predicted molar refractivity (Wildman–Crippen MR) is 141 cm³/mol. The molecule has 1 saturated heterocycles. The van der Waals surface area contributed by atoms with Crippen LogP contribution in [0.2, 0.25) is 5.02 Å². The zero-order valence-corrected chi connectivity index (χ0v) is 21.0. The van der Waals surface area contributed by atoms with E-state index in [1.807, 2.05) is 18.2 Å². The standard InChI is InChI=1S/C25H26ClFN6O4/c1-35-22-11-17(33-5-7-37-8-6-33)3-4-20(22)30-24-18(26)13-29-25(32-24)31-21-10-15(9-16(28)14-34)19(27)12-23(21)36-2/h3-4,9-14H,5-8,28H2,1-2H3,(H2,29,30,31,32). The van der Waals surface area contributed by atoms with Crippen LogP contribution in [0.5, 0.6) is 11.5 Å². The van der Waals surface area contributed by atoms with Crippen LogP contribution in [0.4, 0.5) is 33.2 Å². The minimum Gasteiger partial charge on any atom is -0.494 e. The molecule has 4 N–H and O–H groups in total. The largest absolute Gasteiger partial charge is 0.494 e. The van der Waals surface area contributed by atoms with Crippen molar-refractivity contribution in [3.63, 3.8) is 0 Å². The van der Waals surface area contributed by atoms with Gasteiger partial charge in [-0.3, -0.25) is 4.79 Å². The molecule has 2 heterocycles. The summed E-state index contributed by atoms with van der Waals surface area (Å²) in [6.07, 6.45) is 3.07. The summed E-state index contributed by atoms with van der Waals surface area (Å²) in [7, 11) is 2.99. The van der Waals surface area contributed by atoms with Gasteiger partial charge < -0.3 is 35.5 Å². The summed E-state index contributed by atoms with van der Waals surface area (Å²) in [5, 5.41) is 6.46. The Hall–Kier alpha value is -4.09. The monoisotopic (exact) mass is 528 g/mol. The summed E-state index contributed by atoms with van der Waals surface area (Å²) >= 11 is 6.37. The maximum atomic E-state index is 14.4. The van der Waals surface area contributed by atoms with Crippen molar-refractivity contribution in [1.29, 1.82) is 0 Å². The number of rotatable bonds is 9. The maximum absolute atomic E-state index is 14.4. The molecule has 37 heavy (non-hydrogen) atoms. The predicted octanol–water partition coefficient (Wildman–Crippen LogP) is 4.11. The molecule has 0 aliphatic carbocycles. The second kappa shape index (κ2) is 11.8. The Morgan fingerprint density at radius 3 is 2.57 bits per heavy atom. The molecule has 12 heteroatoms. The number of halogens is 2. The molecule has 1 fully saturated rings. The van der Waals surface area contributed by atoms with Gasteiger partial charge in [0.05, 0.1) is 50.7 Å². The van der Waals surface area contributed by atoms with E-state index in [1.165, 1.54) is 31.5 Å². The van der Waals surface area contributed by atoms with E-state index in [2.05, 4.69) is 25.5 Å². The Bertz CT molecular complexity index is 1320. The molecule has 0 amide bonds. The van der Waals surface area contributed by atoms with Gasteiger partial charge in [-0.05, 0) is 24.3 Å². The number of hydrogen-bond donors (Lipinski definition) is 3. The number of aromatic nitrogens is 2. The molecule has 1 aromatic heterocycles. The number of anilines is 5. The first kappa shape index (κ1) is 26.0. The van der Waals surface area contributed by atoms with Crippen LogP contribution in [0.3, 0.4) is 0 Å². The van der Waals surface area contributed by atoms with Gasteiger partial charge >= 0.3 is 0 Å². The number of benzene rings is 2. The highest BCUT2D eigenvalue weighted by molar-refractivity contribution is 6.33. The lowest BCUT2D eigenvalue weighted by Crippen LogP contribution is -2.36. The summed E-state index contributed by atoms with van der Waals surface area (Å²) in [4.78, 5) is 21.8. The van der Waals surface area contributed by atoms with Crippen LogP contribution in [-0.2, 0) is 9.53 Å². The Balaban J connectivity index is 1.60. The molecule has 1 aliphatic rings. The van der Waals surface area contributed by atoms with Crippen LogP contribution in [0.1, 0.15) is 5.56 Å². The van der Waals surface area contributed by atoms with Crippen molar-refractivity contribution in [2.75, 3.05) is 56.1 Å². The molecule has 194 valence electrons. The van der Waals surface area contributed by atoms with Gasteiger partial charge in [0.1, 0.15) is 22.3 Å². The molecule has 0 unspecified atom stereocenters. The van der Waals surface area contributed by atoms with Gasteiger partial charge in [0.2, 0.25) is 5.95 Å². The van der Waals surface area contributed by atoms with Crippen molar-refractivity contribution in [1.82, 2.24) is 9.97 Å². The third kappa shape index (κ3) is 6.19. The van der Waals surface area contributed by atoms with Gasteiger partial charge in [0.25, 0.3) is 0 Å². The number of allylic oxidation sites excluding steroid dienone is 1. The summed E-state index contributed by atoms with van der Waals surface area (Å²) in [6, 6.07) is 8.40. The van der Waals surface area contributed by atoms with Crippen molar-refractivity contribution >= 4 is 52.8 Å². The lowest BCUT2D eigenvalue weighted by Gasteiger charge is -2.29. The zero-order chi connectivity index (χ0) is 26.4. The SMILES string of the molecule is COc1cc(F)c(C=C(N)C=O)cc1Nc1ncc(Cl)c(Nc2ccc(N3CCOCC3)cc2OC)n1. The highest BCUT2D eigenvalue weighted by Crippen LogP contribution is 2.35. The number of hydrogen-bond acceptors (Lipinski definition) is 10. The van der Waals surface area contributed by atoms with Crippen LogP contribution >= 0.6 is 11.6 Å². The van der Waals surface area contributed by atoms with E-state index in [0.29, 0.717) is 42.4 Å². The second-order valence-electron chi connectivity index (χ2n) is 7.96. The summed E-state index contributed by atoms with van der Waals surface area (Å²) in [6.45, 7) is 2.95. The fraction of sp³-hybridized carbons (Fsp3) is 0.240. The van der Waals surface area contributed by atoms with E-state index in [1.54, 1.807) is 7.11 Å². The van der Waals surface area contributed by atoms with E-state index < -0.39 is 5.82 Å². The van der Waals surface area contributed by atoms with Gasteiger partial charge in [0, 0.05) is 36.5 Å². The number of nitrogens with one attached hydrogen (secondary N) is 2. The van der Waals surface area contributed by atoms with E-state index in [4.69, 9.17) is 31.5 Å². The van der Waals surface area contributed by atoms with E-state index >= 15 is 0 Å². The average Bonchev–Trinajstić information content (AvgIpc) is 2.92. The number of nitrogens with two attached hydrogens (primary N) is 1. The van der Waals surface area contributed by atoms with Gasteiger partial charge in [-0.15, -0.1) is 0 Å². The minimum atomic E-state index is -0.612. The Morgan fingerprint density at radius 1 is 1.14 bits per heavy atom. The first-order valence-corrected chi connectivity index (χ1v) is 11.7. The van der Waals surface area contributed by atoms with Gasteiger partial charge in [0.15, 0.2) is 12.1 Å². The summed E-state index contributed by atoms with van der Waals surface area (Å²) < 4.78 is 30.7. The molecule has 10 nitrogen and oxygen atoms in total. The van der Waals surface area contributed by atoms with Crippen LogP contribution in [0.25, 0.3) is 6.08 Å². The van der Waals surface area contributed by atoms with Crippen molar-refractivity contribution in [2.45, 2.75) is 0 Å². The first-order valence-electron chi connectivity index (χ1n) is 11.3. The Kier molecular flexibility index (Phi) is 8.26. The fourth-order valence-corrected chi connectivity index (χ4v) is 3.87. The molecular weight excluding hydrogens is 503 g/mol. The molecule has 0 spiro atoms. The minimum absolute atomic E-state index is 0.0882. The molecule has 4 rings (SSSR count). The molecule has 0 bridgehead atoms. The lowest BCUT2D eigenvalue weighted by molar-refractivity contribution is -0.104. The second-order valence-corrected chi connectivity index (χ2v) is 8.37. The van der Waals surface area contributed by atoms with Gasteiger partial charge in [-0.2, -0.15) is 4.98 Å². The molecule has 1 aliphatic heterocycles. The number of carbonyl (C=O) groups excluding carboxylic acids is 1. The number of aldehydes is 1. The molecule has 0 saturated carbocycles. The van der Waals surface area contributed by atoms with Crippen LogP contribution < -0.4 is 30.7 Å². The number of ether oxygens (including phenoxy) is 3. The van der Waals surface area contributed by atoms with E-state index in [-0.39, 0.29) is 28.0 Å². The highest BCUT2D eigenvalue weighted by Gasteiger charge is 2.16. The quantitative estimate of drug-likeness (QED) is 0.276. The fourth-order valence-electron chi connectivity index (χ4n) is 3.73. The van der Waals surface area contributed by atoms with Crippen LogP contribution in [0, 0.1) is 5.82 Å². The normalized spacial score (nSPS) is 13.7. The highest BCUT2D eigenvalue weighted by atomic mass is 35.5. The third-order valence-corrected chi connectivity index (χ3v) is 5.86. The molecule has 3 aromatic rings. The first-order chi connectivity index (χ1) is 17.9. The van der Waals surface area contributed by atoms with Crippen molar-refractivity contribution in [2.24, 2.45) is 5.73 Å². The Labute approximate surface area is 218 Å². The van der Waals surface area contributed by atoms with Crippen molar-refractivity contribution in [3.05, 3.63) is 58.6 Å². The smallest absolute Gasteiger partial charge is 0.229 e. The molecular formula is C25H26ClFN6O4. The number of nitrogens with zero attached hydrogens (tertiary/aromatic N) is 3. The van der Waals surface area contributed by atoms with E-state index in [0.717, 1.165) is 18.8 Å². The number of morpholine rings is 1. The third-order valence-electron chi connectivity index (χ3n) is 5.58. The maximum Gasteiger partial charge on any atom is 0.229 e. The van der Waals surface area contributed by atoms with Gasteiger partial charge in [-0.25, -0.2) is 9.37 Å². The van der Waals surface area contributed by atoms with Crippen LogP contribution in [-0.4, -0.2) is 56.8 Å². The topological polar surface area (TPSA) is 124 Å². The lowest BCUT2D eigenvalue weighted by atomic mass is 10.1. The van der Waals surface area contributed by atoms with Crippen LogP contribution in [0.15, 0.2) is 42.2 Å². The molecule has 2 aromatic carbocycles. The average molecular weight is 529 g/mol. The van der Waals surface area contributed by atoms with Gasteiger partial charge in [-0.1, -0.05) is 11.6 Å². The van der Waals surface area contributed by atoms with Crippen molar-refractivity contribution in [3.8, 4) is 11.5 Å². The number of methoxy groups -OCH3 is 2. The summed E-state index contributed by atoms with van der Waals surface area (Å²) in [5.74, 6) is 0.687. The number of carbonyl (C=O) groups is 1. The van der Waals surface area contributed by atoms with Crippen molar-refractivity contribution < 1.29 is 23.4 Å². The molecule has 0 atom stereocenters. The summed E-state index contributed by atoms with van der Waals surface area (Å²) in [5.41, 5.74) is 7.53. The van der Waals surface area contributed by atoms with E-state index in [9.17, 15) is 9.18 Å². The zero-order valence-electron chi connectivity index (χ0n) is 20.3. The molecule has 0 radical (unpaired) electrons. The Morgan fingerprint density at radius 2 is 1.86 bits per heavy atom.